The summed E-state index contributed by atoms with van der Waals surface area (Å²) in [5.74, 6) is -3.61. The maximum absolute atomic E-state index is 12.9. The van der Waals surface area contributed by atoms with Gasteiger partial charge in [-0.15, -0.1) is 0 Å². The number of imidazole rings is 1. The summed E-state index contributed by atoms with van der Waals surface area (Å²) in [7, 11) is 0. The number of nitrogens with zero attached hydrogens (tertiary/aromatic N) is 1. The van der Waals surface area contributed by atoms with E-state index in [1.807, 2.05) is 6.26 Å². The standard InChI is InChI=1S/C18H29N7O6S/c1-9(18(30)31)23-17(29)13(5-10-7-21-8-22-10)25-16(28)12(3-4-32-2)24-15(27)11(19)6-14(20)26/h7-9,11-13H,3-6,19H2,1-2H3,(H2,20,26)(H,21,22)(H,23,29)(H,24,27)(H,25,28)(H,30,31). The van der Waals surface area contributed by atoms with Crippen LogP contribution in [0.3, 0.4) is 0 Å². The van der Waals surface area contributed by atoms with Crippen LogP contribution in [0.15, 0.2) is 12.5 Å². The molecule has 0 radical (unpaired) electrons. The van der Waals surface area contributed by atoms with Crippen molar-refractivity contribution in [1.29, 1.82) is 0 Å². The molecule has 1 aromatic rings. The number of rotatable bonds is 14. The summed E-state index contributed by atoms with van der Waals surface area (Å²) in [5, 5.41) is 16.4. The highest BCUT2D eigenvalue weighted by atomic mass is 32.2. The van der Waals surface area contributed by atoms with Gasteiger partial charge >= 0.3 is 5.97 Å². The first-order valence-electron chi connectivity index (χ1n) is 9.69. The van der Waals surface area contributed by atoms with Crippen LogP contribution in [-0.2, 0) is 30.4 Å². The average molecular weight is 472 g/mol. The van der Waals surface area contributed by atoms with Gasteiger partial charge in [0.05, 0.1) is 18.8 Å². The quantitative estimate of drug-likeness (QED) is 0.152. The number of aromatic amines is 1. The van der Waals surface area contributed by atoms with Crippen molar-refractivity contribution in [2.75, 3.05) is 12.0 Å². The van der Waals surface area contributed by atoms with Crippen LogP contribution in [0.2, 0.25) is 0 Å². The topological polar surface area (TPSA) is 222 Å². The molecule has 0 saturated heterocycles. The molecule has 14 heteroatoms. The lowest BCUT2D eigenvalue weighted by molar-refractivity contribution is -0.141. The Labute approximate surface area is 188 Å². The molecule has 4 atom stereocenters. The number of H-pyrrole nitrogens is 1. The van der Waals surface area contributed by atoms with Gasteiger partial charge in [-0.3, -0.25) is 24.0 Å². The van der Waals surface area contributed by atoms with Crippen molar-refractivity contribution < 1.29 is 29.1 Å². The van der Waals surface area contributed by atoms with Gasteiger partial charge in [-0.1, -0.05) is 0 Å². The molecule has 1 rings (SSSR count). The SMILES string of the molecule is CSCCC(NC(=O)C(N)CC(N)=O)C(=O)NC(Cc1cnc[nH]1)C(=O)NC(C)C(=O)O. The summed E-state index contributed by atoms with van der Waals surface area (Å²) in [6.07, 6.45) is 4.52. The predicted octanol–water partition coefficient (Wildman–Crippen LogP) is -2.53. The predicted molar refractivity (Wildman–Crippen MR) is 116 cm³/mol. The lowest BCUT2D eigenvalue weighted by Gasteiger charge is -2.24. The summed E-state index contributed by atoms with van der Waals surface area (Å²) in [4.78, 5) is 66.5. The Balaban J connectivity index is 2.96. The summed E-state index contributed by atoms with van der Waals surface area (Å²) in [6, 6.07) is -4.58. The minimum atomic E-state index is -1.24. The average Bonchev–Trinajstić information content (AvgIpc) is 3.22. The van der Waals surface area contributed by atoms with Gasteiger partial charge in [0.1, 0.15) is 18.1 Å². The molecular weight excluding hydrogens is 442 g/mol. The zero-order chi connectivity index (χ0) is 24.3. The number of carbonyl (C=O) groups is 5. The number of nitrogens with two attached hydrogens (primary N) is 2. The van der Waals surface area contributed by atoms with Crippen molar-refractivity contribution in [3.05, 3.63) is 18.2 Å². The van der Waals surface area contributed by atoms with Gasteiger partial charge in [0.2, 0.25) is 23.6 Å². The lowest BCUT2D eigenvalue weighted by Crippen LogP contribution is -2.57. The molecule has 0 aromatic carbocycles. The van der Waals surface area contributed by atoms with Gasteiger partial charge < -0.3 is 37.5 Å². The number of primary amides is 1. The fraction of sp³-hybridized carbons (Fsp3) is 0.556. The van der Waals surface area contributed by atoms with E-state index >= 15 is 0 Å². The van der Waals surface area contributed by atoms with Crippen LogP contribution in [0.25, 0.3) is 0 Å². The van der Waals surface area contributed by atoms with Gasteiger partial charge in [0.15, 0.2) is 0 Å². The fourth-order valence-corrected chi connectivity index (χ4v) is 3.04. The molecule has 0 bridgehead atoms. The number of thioether (sulfide) groups is 1. The second-order valence-corrected chi connectivity index (χ2v) is 8.02. The van der Waals surface area contributed by atoms with Gasteiger partial charge in [0, 0.05) is 18.3 Å². The Morgan fingerprint density at radius 2 is 1.75 bits per heavy atom. The van der Waals surface area contributed by atoms with Crippen LogP contribution in [0, 0.1) is 0 Å². The van der Waals surface area contributed by atoms with Crippen LogP contribution < -0.4 is 27.4 Å². The third-order valence-electron chi connectivity index (χ3n) is 4.34. The number of nitrogens with one attached hydrogen (secondary N) is 4. The summed E-state index contributed by atoms with van der Waals surface area (Å²) < 4.78 is 0. The zero-order valence-electron chi connectivity index (χ0n) is 17.8. The number of hydrogen-bond donors (Lipinski definition) is 7. The Morgan fingerprint density at radius 3 is 2.28 bits per heavy atom. The number of carboxylic acid groups (broad SMARTS) is 1. The van der Waals surface area contributed by atoms with E-state index in [4.69, 9.17) is 16.6 Å². The van der Waals surface area contributed by atoms with Gasteiger partial charge in [-0.05, 0) is 25.4 Å². The first-order chi connectivity index (χ1) is 15.0. The second-order valence-electron chi connectivity index (χ2n) is 7.03. The Bertz CT molecular complexity index is 804. The highest BCUT2D eigenvalue weighted by Crippen LogP contribution is 2.05. The molecule has 1 aromatic heterocycles. The Kier molecular flexibility index (Phi) is 11.2. The van der Waals surface area contributed by atoms with E-state index in [1.165, 1.54) is 31.2 Å². The number of carbonyl (C=O) groups excluding carboxylic acids is 4. The summed E-state index contributed by atoms with van der Waals surface area (Å²) in [5.41, 5.74) is 11.2. The smallest absolute Gasteiger partial charge is 0.325 e. The van der Waals surface area contributed by atoms with E-state index in [-0.39, 0.29) is 19.3 Å². The van der Waals surface area contributed by atoms with Crippen molar-refractivity contribution >= 4 is 41.4 Å². The normalized spacial score (nSPS) is 14.5. The molecule has 0 fully saturated rings. The maximum Gasteiger partial charge on any atom is 0.325 e. The van der Waals surface area contributed by atoms with E-state index in [9.17, 15) is 24.0 Å². The third-order valence-corrected chi connectivity index (χ3v) is 4.99. The van der Waals surface area contributed by atoms with Crippen LogP contribution in [0.1, 0.15) is 25.5 Å². The third kappa shape index (κ3) is 9.34. The minimum Gasteiger partial charge on any atom is -0.480 e. The van der Waals surface area contributed by atoms with E-state index in [2.05, 4.69) is 25.9 Å². The van der Waals surface area contributed by atoms with Crippen molar-refractivity contribution in [3.8, 4) is 0 Å². The Hall–Kier alpha value is -3.13. The number of aliphatic carboxylic acids is 1. The highest BCUT2D eigenvalue weighted by Gasteiger charge is 2.30. The number of aromatic nitrogens is 2. The van der Waals surface area contributed by atoms with Crippen molar-refractivity contribution in [3.63, 3.8) is 0 Å². The number of amides is 4. The monoisotopic (exact) mass is 471 g/mol. The molecule has 0 saturated carbocycles. The zero-order valence-corrected chi connectivity index (χ0v) is 18.6. The van der Waals surface area contributed by atoms with Crippen LogP contribution in [0.5, 0.6) is 0 Å². The molecule has 4 unspecified atom stereocenters. The molecule has 0 spiro atoms. The summed E-state index contributed by atoms with van der Waals surface area (Å²) in [6.45, 7) is 1.29. The van der Waals surface area contributed by atoms with Crippen LogP contribution in [-0.4, -0.2) is 80.8 Å². The molecule has 1 heterocycles. The van der Waals surface area contributed by atoms with E-state index in [1.54, 1.807) is 0 Å². The number of carboxylic acids is 1. The van der Waals surface area contributed by atoms with Gasteiger partial charge in [0.25, 0.3) is 0 Å². The van der Waals surface area contributed by atoms with Gasteiger partial charge in [-0.25, -0.2) is 4.98 Å². The van der Waals surface area contributed by atoms with Crippen LogP contribution in [0.4, 0.5) is 0 Å². The Morgan fingerprint density at radius 1 is 1.12 bits per heavy atom. The van der Waals surface area contributed by atoms with Crippen molar-refractivity contribution in [2.45, 2.75) is 50.4 Å². The molecule has 0 aliphatic rings. The lowest BCUT2D eigenvalue weighted by atomic mass is 10.1. The fourth-order valence-electron chi connectivity index (χ4n) is 2.57. The molecule has 9 N–H and O–H groups in total. The minimum absolute atomic E-state index is 0.00823. The van der Waals surface area contributed by atoms with E-state index in [0.717, 1.165) is 0 Å². The first kappa shape index (κ1) is 26.9. The van der Waals surface area contributed by atoms with Crippen LogP contribution >= 0.6 is 11.8 Å². The van der Waals surface area contributed by atoms with Crippen molar-refractivity contribution in [2.24, 2.45) is 11.5 Å². The number of hydrogen-bond acceptors (Lipinski definition) is 8. The largest absolute Gasteiger partial charge is 0.480 e. The molecule has 0 aliphatic heterocycles. The molecular formula is C18H29N7O6S. The molecule has 32 heavy (non-hydrogen) atoms. The van der Waals surface area contributed by atoms with Crippen molar-refractivity contribution in [1.82, 2.24) is 25.9 Å². The van der Waals surface area contributed by atoms with E-state index in [0.29, 0.717) is 11.4 Å². The van der Waals surface area contributed by atoms with Gasteiger partial charge in [-0.2, -0.15) is 11.8 Å². The summed E-state index contributed by atoms with van der Waals surface area (Å²) >= 11 is 1.44. The molecule has 13 nitrogen and oxygen atoms in total. The first-order valence-corrected chi connectivity index (χ1v) is 11.1. The second kappa shape index (κ2) is 13.3. The molecule has 4 amide bonds. The highest BCUT2D eigenvalue weighted by molar-refractivity contribution is 7.98. The van der Waals surface area contributed by atoms with E-state index < -0.39 is 53.8 Å². The maximum atomic E-state index is 12.9. The molecule has 0 aliphatic carbocycles. The molecule has 178 valence electrons.